The van der Waals surface area contributed by atoms with Gasteiger partial charge in [0.05, 0.1) is 7.11 Å². The number of carbonyl (C=O) groups is 1. The van der Waals surface area contributed by atoms with Crippen LogP contribution in [0.3, 0.4) is 0 Å². The van der Waals surface area contributed by atoms with Crippen molar-refractivity contribution in [2.75, 3.05) is 7.11 Å². The number of carbonyl (C=O) groups excluding carboxylic acids is 1. The third-order valence-electron chi connectivity index (χ3n) is 7.66. The Labute approximate surface area is 172 Å². The van der Waals surface area contributed by atoms with Gasteiger partial charge in [-0.1, -0.05) is 12.1 Å². The van der Waals surface area contributed by atoms with Crippen LogP contribution < -0.4 is 10.1 Å². The molecule has 0 aliphatic heterocycles. The average molecular weight is 395 g/mol. The van der Waals surface area contributed by atoms with Gasteiger partial charge < -0.3 is 14.6 Å². The Hall–Kier alpha value is -2.30. The van der Waals surface area contributed by atoms with Crippen molar-refractivity contribution >= 4 is 5.91 Å². The molecule has 1 atom stereocenters. The second-order valence-electron chi connectivity index (χ2n) is 9.52. The summed E-state index contributed by atoms with van der Waals surface area (Å²) >= 11 is 0. The number of hydrogen-bond donors (Lipinski definition) is 1. The fourth-order valence-electron chi connectivity index (χ4n) is 6.80. The van der Waals surface area contributed by atoms with E-state index < -0.39 is 0 Å². The number of nitrogens with one attached hydrogen (secondary N) is 1. The summed E-state index contributed by atoms with van der Waals surface area (Å²) in [5.41, 5.74) is 1.86. The number of hydrogen-bond acceptors (Lipinski definition) is 4. The van der Waals surface area contributed by atoms with Crippen LogP contribution in [0.25, 0.3) is 11.3 Å². The molecule has 0 unspecified atom stereocenters. The lowest BCUT2D eigenvalue weighted by Gasteiger charge is -2.59. The molecule has 1 aromatic carbocycles. The lowest BCUT2D eigenvalue weighted by Crippen LogP contribution is -2.56. The number of methoxy groups -OCH3 is 1. The zero-order valence-electron chi connectivity index (χ0n) is 17.3. The summed E-state index contributed by atoms with van der Waals surface area (Å²) < 4.78 is 10.6. The Kier molecular flexibility index (Phi) is 4.64. The van der Waals surface area contributed by atoms with Crippen LogP contribution in [0.4, 0.5) is 0 Å². The minimum Gasteiger partial charge on any atom is -0.497 e. The number of ether oxygens (including phenoxy) is 1. The maximum absolute atomic E-state index is 13.0. The normalized spacial score (nSPS) is 30.9. The molecule has 1 heterocycles. The largest absolute Gasteiger partial charge is 0.497 e. The average Bonchev–Trinajstić information content (AvgIpc) is 3.21. The van der Waals surface area contributed by atoms with Crippen molar-refractivity contribution in [3.8, 4) is 17.0 Å². The van der Waals surface area contributed by atoms with Gasteiger partial charge in [0.25, 0.3) is 5.91 Å². The van der Waals surface area contributed by atoms with E-state index in [0.29, 0.717) is 11.5 Å². The topological polar surface area (TPSA) is 64.4 Å². The van der Waals surface area contributed by atoms with Crippen LogP contribution in [0.5, 0.6) is 5.75 Å². The van der Waals surface area contributed by atoms with Crippen LogP contribution >= 0.6 is 0 Å². The number of amides is 1. The molecule has 6 rings (SSSR count). The van der Waals surface area contributed by atoms with Gasteiger partial charge in [-0.2, -0.15) is 0 Å². The van der Waals surface area contributed by atoms with Crippen molar-refractivity contribution in [3.05, 3.63) is 36.1 Å². The lowest BCUT2D eigenvalue weighted by molar-refractivity contribution is -0.0728. The Balaban J connectivity index is 1.31. The van der Waals surface area contributed by atoms with E-state index in [-0.39, 0.29) is 17.4 Å². The molecule has 2 aromatic rings. The second kappa shape index (κ2) is 7.19. The van der Waals surface area contributed by atoms with Crippen LogP contribution in [-0.4, -0.2) is 24.2 Å². The first kappa shape index (κ1) is 18.7. The predicted molar refractivity (Wildman–Crippen MR) is 111 cm³/mol. The fourth-order valence-corrected chi connectivity index (χ4v) is 6.80. The van der Waals surface area contributed by atoms with Gasteiger partial charge in [-0.3, -0.25) is 4.79 Å². The highest BCUT2D eigenvalue weighted by Gasteiger charge is 2.54. The number of nitrogens with zero attached hydrogens (tertiary/aromatic N) is 1. The highest BCUT2D eigenvalue weighted by molar-refractivity contribution is 5.92. The molecule has 154 valence electrons. The molecular formula is C24H30N2O3. The lowest BCUT2D eigenvalue weighted by atomic mass is 9.47. The zero-order valence-corrected chi connectivity index (χ0v) is 17.3. The standard InChI is InChI=1S/C24H30N2O3/c1-3-22(24-12-15-8-16(13-24)10-17(9-15)14-24)25-23(27)21-11-20(26-29-21)18-4-6-19(28-2)7-5-18/h4-7,11,15-17,22H,3,8-10,12-14H2,1-2H3,(H,25,27)/t15?,16?,17?,22-,24?/m0/s1. The van der Waals surface area contributed by atoms with Gasteiger partial charge in [-0.15, -0.1) is 0 Å². The first-order chi connectivity index (χ1) is 14.1. The monoisotopic (exact) mass is 394 g/mol. The molecule has 5 nitrogen and oxygen atoms in total. The molecule has 5 heteroatoms. The maximum atomic E-state index is 13.0. The van der Waals surface area contributed by atoms with Gasteiger partial charge in [0, 0.05) is 17.7 Å². The van der Waals surface area contributed by atoms with Gasteiger partial charge in [0.2, 0.25) is 5.76 Å². The summed E-state index contributed by atoms with van der Waals surface area (Å²) in [4.78, 5) is 13.0. The van der Waals surface area contributed by atoms with Crippen LogP contribution in [0.1, 0.15) is 62.4 Å². The van der Waals surface area contributed by atoms with Crippen LogP contribution in [0.15, 0.2) is 34.9 Å². The summed E-state index contributed by atoms with van der Waals surface area (Å²) in [5, 5.41) is 7.44. The zero-order chi connectivity index (χ0) is 20.0. The van der Waals surface area contributed by atoms with Crippen molar-refractivity contribution in [3.63, 3.8) is 0 Å². The second-order valence-corrected chi connectivity index (χ2v) is 9.52. The Morgan fingerprint density at radius 2 is 1.79 bits per heavy atom. The van der Waals surface area contributed by atoms with Gasteiger partial charge in [0.15, 0.2) is 0 Å². The smallest absolute Gasteiger partial charge is 0.290 e. The summed E-state index contributed by atoms with van der Waals surface area (Å²) in [6.45, 7) is 2.20. The molecule has 4 aliphatic carbocycles. The highest BCUT2D eigenvalue weighted by Crippen LogP contribution is 2.61. The third-order valence-corrected chi connectivity index (χ3v) is 7.66. The van der Waals surface area contributed by atoms with E-state index in [2.05, 4.69) is 17.4 Å². The molecule has 4 aliphatic rings. The molecule has 0 saturated heterocycles. The summed E-state index contributed by atoms with van der Waals surface area (Å²) in [6, 6.07) is 9.56. The molecule has 4 bridgehead atoms. The van der Waals surface area contributed by atoms with Crippen LogP contribution in [0.2, 0.25) is 0 Å². The Morgan fingerprint density at radius 1 is 1.17 bits per heavy atom. The van der Waals surface area contributed by atoms with Crippen LogP contribution in [-0.2, 0) is 0 Å². The minimum atomic E-state index is -0.139. The molecule has 0 spiro atoms. The van der Waals surface area contributed by atoms with Crippen molar-refractivity contribution in [2.24, 2.45) is 23.2 Å². The van der Waals surface area contributed by atoms with Crippen molar-refractivity contribution in [2.45, 2.75) is 57.9 Å². The van der Waals surface area contributed by atoms with E-state index >= 15 is 0 Å². The van der Waals surface area contributed by atoms with Gasteiger partial charge >= 0.3 is 0 Å². The van der Waals surface area contributed by atoms with E-state index in [1.165, 1.54) is 38.5 Å². The van der Waals surface area contributed by atoms with Crippen molar-refractivity contribution < 1.29 is 14.1 Å². The first-order valence-corrected chi connectivity index (χ1v) is 11.0. The van der Waals surface area contributed by atoms with E-state index in [1.54, 1.807) is 13.2 Å². The SMILES string of the molecule is CC[C@H](NC(=O)c1cc(-c2ccc(OC)cc2)no1)C12CC3CC(CC(C3)C1)C2. The molecule has 4 saturated carbocycles. The van der Waals surface area contributed by atoms with Crippen LogP contribution in [0, 0.1) is 23.2 Å². The van der Waals surface area contributed by atoms with Gasteiger partial charge in [-0.25, -0.2) is 0 Å². The molecule has 1 N–H and O–H groups in total. The Bertz CT molecular complexity index is 851. The number of aromatic nitrogens is 1. The molecular weight excluding hydrogens is 364 g/mol. The Morgan fingerprint density at radius 3 is 2.34 bits per heavy atom. The number of rotatable bonds is 6. The predicted octanol–water partition coefficient (Wildman–Crippen LogP) is 5.08. The molecule has 29 heavy (non-hydrogen) atoms. The fraction of sp³-hybridized carbons (Fsp3) is 0.583. The maximum Gasteiger partial charge on any atom is 0.290 e. The quantitative estimate of drug-likeness (QED) is 0.742. The number of benzene rings is 1. The van der Waals surface area contributed by atoms with Crippen molar-refractivity contribution in [1.82, 2.24) is 10.5 Å². The van der Waals surface area contributed by atoms with Crippen molar-refractivity contribution in [1.29, 1.82) is 0 Å². The summed E-state index contributed by atoms with van der Waals surface area (Å²) in [6.07, 6.45) is 9.06. The highest BCUT2D eigenvalue weighted by atomic mass is 16.5. The molecule has 0 radical (unpaired) electrons. The van der Waals surface area contributed by atoms with E-state index in [0.717, 1.165) is 35.5 Å². The molecule has 1 amide bonds. The third kappa shape index (κ3) is 3.34. The van der Waals surface area contributed by atoms with E-state index in [9.17, 15) is 4.79 Å². The summed E-state index contributed by atoms with van der Waals surface area (Å²) in [7, 11) is 1.64. The van der Waals surface area contributed by atoms with E-state index in [1.807, 2.05) is 24.3 Å². The first-order valence-electron chi connectivity index (χ1n) is 11.0. The van der Waals surface area contributed by atoms with Gasteiger partial charge in [-0.05, 0) is 92.4 Å². The molecule has 4 fully saturated rings. The van der Waals surface area contributed by atoms with E-state index in [4.69, 9.17) is 9.26 Å². The molecule has 1 aromatic heterocycles. The minimum absolute atomic E-state index is 0.139. The van der Waals surface area contributed by atoms with Gasteiger partial charge in [0.1, 0.15) is 11.4 Å². The summed E-state index contributed by atoms with van der Waals surface area (Å²) in [5.74, 6) is 3.56.